The number of aromatic nitrogens is 2. The Balaban J connectivity index is 1.85. The molecule has 21 heavy (non-hydrogen) atoms. The van der Waals surface area contributed by atoms with Gasteiger partial charge in [-0.3, -0.25) is 4.68 Å². The molecule has 1 atom stereocenters. The molecule has 1 unspecified atom stereocenters. The van der Waals surface area contributed by atoms with Crippen LogP contribution in [-0.2, 0) is 26.3 Å². The van der Waals surface area contributed by atoms with Gasteiger partial charge in [-0.2, -0.15) is 5.10 Å². The maximum atomic E-state index is 6.36. The minimum atomic E-state index is 0.131. The number of hydrogen-bond acceptors (Lipinski definition) is 2. The van der Waals surface area contributed by atoms with Crippen molar-refractivity contribution >= 4 is 11.6 Å². The van der Waals surface area contributed by atoms with Crippen molar-refractivity contribution in [2.75, 3.05) is 0 Å². The third-order valence-corrected chi connectivity index (χ3v) is 4.28. The van der Waals surface area contributed by atoms with E-state index in [2.05, 4.69) is 36.3 Å². The fourth-order valence-electron chi connectivity index (χ4n) is 2.61. The molecule has 114 valence electrons. The maximum Gasteiger partial charge on any atom is 0.0850 e. The number of hydrogen-bond donors (Lipinski definition) is 1. The molecule has 4 heteroatoms. The highest BCUT2D eigenvalue weighted by atomic mass is 35.5. The molecule has 0 radical (unpaired) electrons. The summed E-state index contributed by atoms with van der Waals surface area (Å²) in [6.45, 7) is 2.07. The lowest BCUT2D eigenvalue weighted by Crippen LogP contribution is -2.24. The van der Waals surface area contributed by atoms with Crippen LogP contribution in [0.1, 0.15) is 36.7 Å². The van der Waals surface area contributed by atoms with Crippen LogP contribution in [0, 0.1) is 0 Å². The summed E-state index contributed by atoms with van der Waals surface area (Å²) in [5, 5.41) is 5.23. The minimum Gasteiger partial charge on any atom is -0.327 e. The Morgan fingerprint density at radius 1 is 1.29 bits per heavy atom. The fraction of sp³-hybridized carbons (Fsp3) is 0.471. The first-order valence-electron chi connectivity index (χ1n) is 7.61. The number of benzene rings is 1. The predicted molar refractivity (Wildman–Crippen MR) is 88.7 cm³/mol. The summed E-state index contributed by atoms with van der Waals surface area (Å²) in [4.78, 5) is 0. The smallest absolute Gasteiger partial charge is 0.0850 e. The van der Waals surface area contributed by atoms with Crippen molar-refractivity contribution in [1.29, 1.82) is 0 Å². The summed E-state index contributed by atoms with van der Waals surface area (Å²) in [6.07, 6.45) is 4.82. The third-order valence-electron chi connectivity index (χ3n) is 3.84. The highest BCUT2D eigenvalue weighted by molar-refractivity contribution is 6.31. The Kier molecular flexibility index (Phi) is 5.83. The number of halogens is 1. The molecular formula is C17H24ClN3. The number of rotatable bonds is 7. The van der Waals surface area contributed by atoms with E-state index in [0.29, 0.717) is 0 Å². The molecule has 2 rings (SSSR count). The molecule has 0 aliphatic heterocycles. The first-order valence-corrected chi connectivity index (χ1v) is 7.99. The minimum absolute atomic E-state index is 0.131. The summed E-state index contributed by atoms with van der Waals surface area (Å²) >= 11 is 6.36. The van der Waals surface area contributed by atoms with Gasteiger partial charge in [-0.1, -0.05) is 48.9 Å². The fourth-order valence-corrected chi connectivity index (χ4v) is 2.98. The first-order chi connectivity index (χ1) is 10.1. The van der Waals surface area contributed by atoms with Crippen LogP contribution in [-0.4, -0.2) is 15.8 Å². The monoisotopic (exact) mass is 305 g/mol. The van der Waals surface area contributed by atoms with Crippen LogP contribution in [0.25, 0.3) is 0 Å². The molecule has 1 aromatic heterocycles. The van der Waals surface area contributed by atoms with E-state index < -0.39 is 0 Å². The lowest BCUT2D eigenvalue weighted by molar-refractivity contribution is 0.556. The van der Waals surface area contributed by atoms with Gasteiger partial charge in [0, 0.05) is 19.5 Å². The molecule has 0 aliphatic carbocycles. The quantitative estimate of drug-likeness (QED) is 0.850. The van der Waals surface area contributed by atoms with Crippen molar-refractivity contribution in [3.05, 3.63) is 52.3 Å². The van der Waals surface area contributed by atoms with E-state index in [0.717, 1.165) is 48.5 Å². The summed E-state index contributed by atoms with van der Waals surface area (Å²) in [6, 6.07) is 10.7. The zero-order chi connectivity index (χ0) is 15.2. The SMILES string of the molecule is CCc1nn(C)c(CC(N)CCCc2ccccc2)c1Cl. The van der Waals surface area contributed by atoms with Crippen molar-refractivity contribution < 1.29 is 0 Å². The van der Waals surface area contributed by atoms with Crippen LogP contribution in [0.5, 0.6) is 0 Å². The Labute approximate surface area is 132 Å². The van der Waals surface area contributed by atoms with E-state index in [1.807, 2.05) is 17.8 Å². The Morgan fingerprint density at radius 3 is 2.62 bits per heavy atom. The van der Waals surface area contributed by atoms with Gasteiger partial charge in [0.05, 0.1) is 16.4 Å². The molecule has 3 nitrogen and oxygen atoms in total. The average Bonchev–Trinajstić information content (AvgIpc) is 2.76. The van der Waals surface area contributed by atoms with E-state index in [9.17, 15) is 0 Å². The van der Waals surface area contributed by atoms with Gasteiger partial charge in [0.25, 0.3) is 0 Å². The standard InChI is InChI=1S/C17H24ClN3/c1-3-15-17(18)16(21(2)20-15)12-14(19)11-7-10-13-8-5-4-6-9-13/h4-6,8-9,14H,3,7,10-12,19H2,1-2H3. The summed E-state index contributed by atoms with van der Waals surface area (Å²) < 4.78 is 1.87. The van der Waals surface area contributed by atoms with E-state index in [4.69, 9.17) is 17.3 Å². The highest BCUT2D eigenvalue weighted by Crippen LogP contribution is 2.22. The molecule has 0 amide bonds. The molecule has 1 aromatic carbocycles. The second-order valence-corrected chi connectivity index (χ2v) is 5.90. The molecule has 0 saturated carbocycles. The van der Waals surface area contributed by atoms with Gasteiger partial charge in [0.15, 0.2) is 0 Å². The molecular weight excluding hydrogens is 282 g/mol. The van der Waals surface area contributed by atoms with E-state index >= 15 is 0 Å². The normalized spacial score (nSPS) is 12.6. The summed E-state index contributed by atoms with van der Waals surface area (Å²) in [7, 11) is 1.94. The Morgan fingerprint density at radius 2 is 2.00 bits per heavy atom. The molecule has 0 spiro atoms. The number of aryl methyl sites for hydroxylation is 3. The second kappa shape index (κ2) is 7.62. The van der Waals surface area contributed by atoms with Crippen LogP contribution in [0.3, 0.4) is 0 Å². The lowest BCUT2D eigenvalue weighted by Gasteiger charge is -2.12. The molecule has 1 heterocycles. The molecule has 2 aromatic rings. The number of nitrogens with two attached hydrogens (primary N) is 1. The van der Waals surface area contributed by atoms with Crippen LogP contribution in [0.4, 0.5) is 0 Å². The maximum absolute atomic E-state index is 6.36. The second-order valence-electron chi connectivity index (χ2n) is 5.53. The highest BCUT2D eigenvalue weighted by Gasteiger charge is 2.15. The van der Waals surface area contributed by atoms with E-state index in [1.165, 1.54) is 5.56 Å². The van der Waals surface area contributed by atoms with Crippen molar-refractivity contribution in [2.24, 2.45) is 12.8 Å². The van der Waals surface area contributed by atoms with Crippen LogP contribution in [0.15, 0.2) is 30.3 Å². The van der Waals surface area contributed by atoms with Crippen LogP contribution in [0.2, 0.25) is 5.02 Å². The van der Waals surface area contributed by atoms with Gasteiger partial charge in [-0.05, 0) is 31.2 Å². The van der Waals surface area contributed by atoms with E-state index in [1.54, 1.807) is 0 Å². The van der Waals surface area contributed by atoms with Crippen molar-refractivity contribution in [3.8, 4) is 0 Å². The zero-order valence-corrected chi connectivity index (χ0v) is 13.6. The molecule has 0 bridgehead atoms. The first kappa shape index (κ1) is 16.1. The van der Waals surface area contributed by atoms with Gasteiger partial charge in [-0.25, -0.2) is 0 Å². The predicted octanol–water partition coefficient (Wildman–Crippen LogP) is 3.53. The lowest BCUT2D eigenvalue weighted by atomic mass is 10.0. The molecule has 0 fully saturated rings. The van der Waals surface area contributed by atoms with Crippen LogP contribution < -0.4 is 5.73 Å². The largest absolute Gasteiger partial charge is 0.327 e. The molecule has 0 aliphatic rings. The Bertz CT molecular complexity index is 563. The summed E-state index contributed by atoms with van der Waals surface area (Å²) in [5.74, 6) is 0. The van der Waals surface area contributed by atoms with Gasteiger partial charge < -0.3 is 5.73 Å². The number of nitrogens with zero attached hydrogens (tertiary/aromatic N) is 2. The van der Waals surface area contributed by atoms with Gasteiger partial charge in [0.1, 0.15) is 0 Å². The Hall–Kier alpha value is -1.32. The third kappa shape index (κ3) is 4.32. The van der Waals surface area contributed by atoms with Crippen molar-refractivity contribution in [1.82, 2.24) is 9.78 Å². The van der Waals surface area contributed by atoms with Crippen LogP contribution >= 0.6 is 11.6 Å². The molecule has 2 N–H and O–H groups in total. The van der Waals surface area contributed by atoms with E-state index in [-0.39, 0.29) is 6.04 Å². The van der Waals surface area contributed by atoms with Gasteiger partial charge in [-0.15, -0.1) is 0 Å². The molecule has 0 saturated heterocycles. The van der Waals surface area contributed by atoms with Crippen molar-refractivity contribution in [3.63, 3.8) is 0 Å². The summed E-state index contributed by atoms with van der Waals surface area (Å²) in [5.41, 5.74) is 9.65. The van der Waals surface area contributed by atoms with Gasteiger partial charge >= 0.3 is 0 Å². The zero-order valence-electron chi connectivity index (χ0n) is 12.8. The van der Waals surface area contributed by atoms with Crippen molar-refractivity contribution in [2.45, 2.75) is 45.1 Å². The van der Waals surface area contributed by atoms with Gasteiger partial charge in [0.2, 0.25) is 0 Å². The average molecular weight is 306 g/mol. The topological polar surface area (TPSA) is 43.8 Å².